The van der Waals surface area contributed by atoms with Crippen LogP contribution in [0.2, 0.25) is 0 Å². The van der Waals surface area contributed by atoms with Crippen molar-refractivity contribution < 1.29 is 24.2 Å². The van der Waals surface area contributed by atoms with Crippen molar-refractivity contribution in [3.8, 4) is 0 Å². The summed E-state index contributed by atoms with van der Waals surface area (Å²) in [5.41, 5.74) is 7.01. The second kappa shape index (κ2) is 5.13. The minimum atomic E-state index is -1.21. The van der Waals surface area contributed by atoms with Crippen LogP contribution in [0.15, 0.2) is 0 Å². The van der Waals surface area contributed by atoms with Crippen LogP contribution in [0.3, 0.4) is 0 Å². The van der Waals surface area contributed by atoms with E-state index in [2.05, 4.69) is 10.1 Å². The van der Waals surface area contributed by atoms with E-state index < -0.39 is 36.0 Å². The first-order valence-corrected chi connectivity index (χ1v) is 5.27. The molecule has 1 heterocycles. The number of carboxylic acid groups (broad SMARTS) is 1. The SMILES string of the molecule is CC(C)C[C@H](NC(=O)[C@@H]1O[C@H]1C(=O)O)C([NH])=O. The molecule has 95 valence electrons. The second-order valence-corrected chi connectivity index (χ2v) is 4.37. The van der Waals surface area contributed by atoms with E-state index in [4.69, 9.17) is 10.8 Å². The molecule has 17 heavy (non-hydrogen) atoms. The number of epoxide rings is 1. The van der Waals surface area contributed by atoms with Crippen molar-refractivity contribution in [3.63, 3.8) is 0 Å². The number of hydrogen-bond acceptors (Lipinski definition) is 4. The molecular formula is C10H15N2O5. The van der Waals surface area contributed by atoms with Gasteiger partial charge in [0.2, 0.25) is 0 Å². The van der Waals surface area contributed by atoms with Gasteiger partial charge in [-0.05, 0) is 12.3 Å². The predicted octanol–water partition coefficient (Wildman–Crippen LogP) is -0.821. The molecular weight excluding hydrogens is 228 g/mol. The first-order chi connectivity index (χ1) is 7.82. The summed E-state index contributed by atoms with van der Waals surface area (Å²) in [5, 5.41) is 10.9. The molecule has 0 aliphatic carbocycles. The van der Waals surface area contributed by atoms with Crippen LogP contribution in [-0.2, 0) is 19.1 Å². The van der Waals surface area contributed by atoms with Crippen LogP contribution in [0.5, 0.6) is 0 Å². The minimum Gasteiger partial charge on any atom is -0.479 e. The van der Waals surface area contributed by atoms with Crippen molar-refractivity contribution in [1.29, 1.82) is 0 Å². The molecule has 0 spiro atoms. The summed E-state index contributed by atoms with van der Waals surface area (Å²) in [6.45, 7) is 3.71. The fraction of sp³-hybridized carbons (Fsp3) is 0.700. The monoisotopic (exact) mass is 243 g/mol. The summed E-state index contributed by atoms with van der Waals surface area (Å²) in [7, 11) is 0. The number of ether oxygens (including phenoxy) is 1. The largest absolute Gasteiger partial charge is 0.479 e. The summed E-state index contributed by atoms with van der Waals surface area (Å²) in [6, 6.07) is -0.902. The van der Waals surface area contributed by atoms with Crippen LogP contribution in [0, 0.1) is 5.92 Å². The predicted molar refractivity (Wildman–Crippen MR) is 55.8 cm³/mol. The van der Waals surface area contributed by atoms with Gasteiger partial charge in [0.15, 0.2) is 12.2 Å². The molecule has 0 aromatic heterocycles. The van der Waals surface area contributed by atoms with Crippen molar-refractivity contribution in [2.75, 3.05) is 0 Å². The van der Waals surface area contributed by atoms with E-state index in [1.54, 1.807) is 0 Å². The Balaban J connectivity index is 2.48. The average Bonchev–Trinajstić information content (AvgIpc) is 2.94. The van der Waals surface area contributed by atoms with Crippen molar-refractivity contribution >= 4 is 17.8 Å². The summed E-state index contributed by atoms with van der Waals surface area (Å²) >= 11 is 0. The number of rotatable bonds is 6. The highest BCUT2D eigenvalue weighted by Crippen LogP contribution is 2.22. The Kier molecular flexibility index (Phi) is 4.06. The van der Waals surface area contributed by atoms with E-state index in [1.807, 2.05) is 13.8 Å². The fourth-order valence-corrected chi connectivity index (χ4v) is 1.46. The summed E-state index contributed by atoms with van der Waals surface area (Å²) < 4.78 is 4.64. The minimum absolute atomic E-state index is 0.144. The van der Waals surface area contributed by atoms with E-state index in [0.717, 1.165) is 0 Å². The maximum absolute atomic E-state index is 11.5. The standard InChI is InChI=1S/C10H15N2O5/c1-4(2)3-5(8(11)13)12-9(14)6-7(17-6)10(15)16/h4-7,11H,3H2,1-2H3,(H,12,14)(H,15,16)/t5-,6+,7+/m0/s1. The Morgan fingerprint density at radius 3 is 2.29 bits per heavy atom. The van der Waals surface area contributed by atoms with Crippen molar-refractivity contribution in [2.24, 2.45) is 5.92 Å². The summed E-state index contributed by atoms with van der Waals surface area (Å²) in [5.74, 6) is -2.60. The second-order valence-electron chi connectivity index (χ2n) is 4.37. The molecule has 1 aliphatic rings. The zero-order chi connectivity index (χ0) is 13.2. The Bertz CT molecular complexity index is 342. The number of nitrogens with one attached hydrogen (secondary N) is 2. The Hall–Kier alpha value is -1.63. The molecule has 0 saturated carbocycles. The number of carbonyl (C=O) groups excluding carboxylic acids is 2. The van der Waals surface area contributed by atoms with Gasteiger partial charge < -0.3 is 15.2 Å². The van der Waals surface area contributed by atoms with E-state index in [-0.39, 0.29) is 5.92 Å². The first kappa shape index (κ1) is 13.4. The van der Waals surface area contributed by atoms with Gasteiger partial charge in [-0.1, -0.05) is 13.8 Å². The van der Waals surface area contributed by atoms with Gasteiger partial charge in [-0.25, -0.2) is 4.79 Å². The molecule has 1 rings (SSSR count). The van der Waals surface area contributed by atoms with Crippen molar-refractivity contribution in [3.05, 3.63) is 0 Å². The Morgan fingerprint density at radius 1 is 1.35 bits per heavy atom. The van der Waals surface area contributed by atoms with E-state index in [1.165, 1.54) is 0 Å². The molecule has 3 N–H and O–H groups in total. The molecule has 2 amide bonds. The molecule has 0 aromatic carbocycles. The van der Waals surface area contributed by atoms with Gasteiger partial charge in [0.1, 0.15) is 6.04 Å². The van der Waals surface area contributed by atoms with E-state index in [0.29, 0.717) is 6.42 Å². The maximum Gasteiger partial charge on any atom is 0.336 e. The lowest BCUT2D eigenvalue weighted by Gasteiger charge is -2.16. The van der Waals surface area contributed by atoms with Crippen LogP contribution in [0.25, 0.3) is 0 Å². The van der Waals surface area contributed by atoms with Crippen LogP contribution < -0.4 is 11.1 Å². The van der Waals surface area contributed by atoms with Gasteiger partial charge >= 0.3 is 5.97 Å². The molecule has 1 saturated heterocycles. The topological polar surface area (TPSA) is 120 Å². The number of carboxylic acids is 1. The third-order valence-electron chi connectivity index (χ3n) is 2.33. The third kappa shape index (κ3) is 3.70. The van der Waals surface area contributed by atoms with Crippen LogP contribution in [0.4, 0.5) is 0 Å². The smallest absolute Gasteiger partial charge is 0.336 e. The quantitative estimate of drug-likeness (QED) is 0.590. The van der Waals surface area contributed by atoms with E-state index >= 15 is 0 Å². The van der Waals surface area contributed by atoms with Gasteiger partial charge in [-0.15, -0.1) is 0 Å². The maximum atomic E-state index is 11.5. The normalized spacial score (nSPS) is 24.2. The van der Waals surface area contributed by atoms with Crippen LogP contribution in [0.1, 0.15) is 20.3 Å². The van der Waals surface area contributed by atoms with Crippen molar-refractivity contribution in [2.45, 2.75) is 38.5 Å². The van der Waals surface area contributed by atoms with Crippen LogP contribution in [-0.4, -0.2) is 41.1 Å². The highest BCUT2D eigenvalue weighted by molar-refractivity contribution is 5.94. The van der Waals surface area contributed by atoms with Gasteiger partial charge in [0.05, 0.1) is 0 Å². The fourth-order valence-electron chi connectivity index (χ4n) is 1.46. The molecule has 0 aromatic rings. The molecule has 0 bridgehead atoms. The highest BCUT2D eigenvalue weighted by atomic mass is 16.6. The van der Waals surface area contributed by atoms with Gasteiger partial charge in [0.25, 0.3) is 11.8 Å². The lowest BCUT2D eigenvalue weighted by Crippen LogP contribution is -2.44. The number of carbonyl (C=O) groups is 3. The Morgan fingerprint density at radius 2 is 1.94 bits per heavy atom. The van der Waals surface area contributed by atoms with E-state index in [9.17, 15) is 14.4 Å². The van der Waals surface area contributed by atoms with Gasteiger partial charge in [-0.2, -0.15) is 0 Å². The molecule has 3 atom stereocenters. The van der Waals surface area contributed by atoms with Gasteiger partial charge in [0, 0.05) is 0 Å². The zero-order valence-electron chi connectivity index (χ0n) is 9.60. The third-order valence-corrected chi connectivity index (χ3v) is 2.33. The summed E-state index contributed by atoms with van der Waals surface area (Å²) in [4.78, 5) is 32.9. The number of amides is 2. The molecule has 0 unspecified atom stereocenters. The number of aliphatic carboxylic acids is 1. The lowest BCUT2D eigenvalue weighted by molar-refractivity contribution is -0.138. The number of hydrogen-bond donors (Lipinski definition) is 2. The molecule has 7 nitrogen and oxygen atoms in total. The van der Waals surface area contributed by atoms with Crippen LogP contribution >= 0.6 is 0 Å². The van der Waals surface area contributed by atoms with Crippen molar-refractivity contribution in [1.82, 2.24) is 11.1 Å². The molecule has 7 heteroatoms. The molecule has 1 aliphatic heterocycles. The highest BCUT2D eigenvalue weighted by Gasteiger charge is 2.51. The molecule has 1 fully saturated rings. The molecule has 1 radical (unpaired) electrons. The summed E-state index contributed by atoms with van der Waals surface area (Å²) in [6.07, 6.45) is -1.82. The lowest BCUT2D eigenvalue weighted by atomic mass is 10.0. The Labute approximate surface area is 98.3 Å². The zero-order valence-corrected chi connectivity index (χ0v) is 9.60. The average molecular weight is 243 g/mol. The first-order valence-electron chi connectivity index (χ1n) is 5.27. The van der Waals surface area contributed by atoms with Gasteiger partial charge in [-0.3, -0.25) is 15.3 Å².